The Kier molecular flexibility index (Phi) is 2.56. The fourth-order valence-electron chi connectivity index (χ4n) is 2.61. The molecule has 0 unspecified atom stereocenters. The highest BCUT2D eigenvalue weighted by Crippen LogP contribution is 2.34. The first-order valence-electron chi connectivity index (χ1n) is 6.48. The summed E-state index contributed by atoms with van der Waals surface area (Å²) >= 11 is 1.69. The van der Waals surface area contributed by atoms with E-state index in [0.29, 0.717) is 0 Å². The number of aryl methyl sites for hydroxylation is 2. The molecule has 0 saturated carbocycles. The lowest BCUT2D eigenvalue weighted by molar-refractivity contribution is -0.594. The van der Waals surface area contributed by atoms with Crippen LogP contribution >= 0.6 is 11.3 Å². The summed E-state index contributed by atoms with van der Waals surface area (Å²) in [5, 5.41) is 13.0. The lowest BCUT2D eigenvalue weighted by Crippen LogP contribution is -2.31. The smallest absolute Gasteiger partial charge is 0.246 e. The van der Waals surface area contributed by atoms with E-state index in [9.17, 15) is 5.21 Å². The maximum absolute atomic E-state index is 12.0. The summed E-state index contributed by atoms with van der Waals surface area (Å²) in [5.41, 5.74) is 3.72. The molecule has 5 nitrogen and oxygen atoms in total. The van der Waals surface area contributed by atoms with Gasteiger partial charge in [-0.2, -0.15) is 4.73 Å². The van der Waals surface area contributed by atoms with E-state index in [4.69, 9.17) is 0 Å². The van der Waals surface area contributed by atoms with Crippen LogP contribution in [0.25, 0.3) is 11.4 Å². The van der Waals surface area contributed by atoms with Gasteiger partial charge < -0.3 is 10.2 Å². The standard InChI is InChI=1S/C14H12N4OS/c19-18-5-1-2-9-3-4-11-13(14(9)18)17-12(20-11)6-10-7-15-8-16-10/h1-2,5,7-8H,3-4,6H2,(H,15,16). The SMILES string of the molecule is [O-][n+]1cccc2c1-c1nc(Cc3cnc[nH]3)sc1CC2. The van der Waals surface area contributed by atoms with Crippen LogP contribution < -0.4 is 4.73 Å². The number of aromatic nitrogens is 4. The predicted molar refractivity (Wildman–Crippen MR) is 75.3 cm³/mol. The van der Waals surface area contributed by atoms with E-state index in [0.717, 1.165) is 51.6 Å². The van der Waals surface area contributed by atoms with Gasteiger partial charge in [-0.3, -0.25) is 0 Å². The minimum absolute atomic E-state index is 0.723. The third-order valence-corrected chi connectivity index (χ3v) is 4.64. The van der Waals surface area contributed by atoms with Crippen LogP contribution in [-0.4, -0.2) is 15.0 Å². The minimum atomic E-state index is 0.723. The summed E-state index contributed by atoms with van der Waals surface area (Å²) < 4.78 is 0.938. The van der Waals surface area contributed by atoms with Gasteiger partial charge in [0.05, 0.1) is 11.3 Å². The van der Waals surface area contributed by atoms with Crippen molar-refractivity contribution in [1.29, 1.82) is 0 Å². The van der Waals surface area contributed by atoms with Gasteiger partial charge in [-0.25, -0.2) is 9.97 Å². The van der Waals surface area contributed by atoms with Crippen LogP contribution in [0.15, 0.2) is 30.9 Å². The minimum Gasteiger partial charge on any atom is -0.618 e. The van der Waals surface area contributed by atoms with Crippen molar-refractivity contribution in [3.05, 3.63) is 57.2 Å². The van der Waals surface area contributed by atoms with Crippen molar-refractivity contribution in [3.8, 4) is 11.4 Å². The number of hydrogen-bond donors (Lipinski definition) is 1. The number of hydrogen-bond acceptors (Lipinski definition) is 4. The molecule has 3 aromatic heterocycles. The molecule has 0 radical (unpaired) electrons. The van der Waals surface area contributed by atoms with E-state index in [1.807, 2.05) is 12.3 Å². The third-order valence-electron chi connectivity index (χ3n) is 3.53. The van der Waals surface area contributed by atoms with Crippen molar-refractivity contribution in [2.75, 3.05) is 0 Å². The Hall–Kier alpha value is -2.21. The van der Waals surface area contributed by atoms with Crippen molar-refractivity contribution in [1.82, 2.24) is 15.0 Å². The van der Waals surface area contributed by atoms with E-state index >= 15 is 0 Å². The molecule has 3 heterocycles. The van der Waals surface area contributed by atoms with E-state index in [1.165, 1.54) is 4.88 Å². The summed E-state index contributed by atoms with van der Waals surface area (Å²) in [6.45, 7) is 0. The zero-order valence-corrected chi connectivity index (χ0v) is 11.5. The maximum atomic E-state index is 12.0. The fraction of sp³-hybridized carbons (Fsp3) is 0.214. The topological polar surface area (TPSA) is 68.5 Å². The largest absolute Gasteiger partial charge is 0.618 e. The number of H-pyrrole nitrogens is 1. The average Bonchev–Trinajstić information content (AvgIpc) is 3.07. The molecule has 0 bridgehead atoms. The summed E-state index contributed by atoms with van der Waals surface area (Å²) in [4.78, 5) is 13.0. The third kappa shape index (κ3) is 1.80. The molecule has 0 amide bonds. The number of aromatic amines is 1. The molecule has 1 N–H and O–H groups in total. The Morgan fingerprint density at radius 3 is 3.20 bits per heavy atom. The molecule has 0 saturated heterocycles. The quantitative estimate of drug-likeness (QED) is 0.577. The van der Waals surface area contributed by atoms with Gasteiger partial charge in [0.2, 0.25) is 5.69 Å². The van der Waals surface area contributed by atoms with Gasteiger partial charge in [0, 0.05) is 34.8 Å². The fourth-order valence-corrected chi connectivity index (χ4v) is 3.71. The number of fused-ring (bicyclic) bond motifs is 3. The highest BCUT2D eigenvalue weighted by Gasteiger charge is 2.27. The van der Waals surface area contributed by atoms with Gasteiger partial charge in [0.15, 0.2) is 11.9 Å². The van der Waals surface area contributed by atoms with Crippen molar-refractivity contribution >= 4 is 11.3 Å². The highest BCUT2D eigenvalue weighted by atomic mass is 32.1. The Bertz CT molecular complexity index is 764. The van der Waals surface area contributed by atoms with Crippen LogP contribution in [0.2, 0.25) is 0 Å². The number of thiazole rings is 1. The summed E-state index contributed by atoms with van der Waals surface area (Å²) in [6, 6.07) is 3.81. The summed E-state index contributed by atoms with van der Waals surface area (Å²) in [6.07, 6.45) is 7.64. The molecule has 20 heavy (non-hydrogen) atoms. The zero-order valence-electron chi connectivity index (χ0n) is 10.7. The van der Waals surface area contributed by atoms with Gasteiger partial charge >= 0.3 is 0 Å². The number of rotatable bonds is 2. The molecule has 0 aliphatic heterocycles. The van der Waals surface area contributed by atoms with Crippen LogP contribution in [0.3, 0.4) is 0 Å². The van der Waals surface area contributed by atoms with Gasteiger partial charge in [-0.05, 0) is 18.9 Å². The second-order valence-corrected chi connectivity index (χ2v) is 6.01. The molecule has 0 aromatic carbocycles. The molecule has 1 aliphatic carbocycles. The van der Waals surface area contributed by atoms with Crippen LogP contribution in [0.5, 0.6) is 0 Å². The van der Waals surface area contributed by atoms with Crippen molar-refractivity contribution < 1.29 is 4.73 Å². The van der Waals surface area contributed by atoms with E-state index < -0.39 is 0 Å². The molecule has 3 aromatic rings. The lowest BCUT2D eigenvalue weighted by atomic mass is 9.98. The lowest BCUT2D eigenvalue weighted by Gasteiger charge is -2.13. The Balaban J connectivity index is 1.78. The Morgan fingerprint density at radius 1 is 1.40 bits per heavy atom. The molecular formula is C14H12N4OS. The second kappa shape index (κ2) is 4.42. The number of nitrogens with zero attached hydrogens (tertiary/aromatic N) is 3. The first-order valence-corrected chi connectivity index (χ1v) is 7.30. The van der Waals surface area contributed by atoms with Crippen LogP contribution in [0.4, 0.5) is 0 Å². The van der Waals surface area contributed by atoms with Crippen molar-refractivity contribution in [2.45, 2.75) is 19.3 Å². The van der Waals surface area contributed by atoms with Crippen molar-refractivity contribution in [2.24, 2.45) is 0 Å². The average molecular weight is 284 g/mol. The van der Waals surface area contributed by atoms with Crippen LogP contribution in [0.1, 0.15) is 21.1 Å². The molecule has 0 atom stereocenters. The van der Waals surface area contributed by atoms with Gasteiger partial charge in [0.25, 0.3) is 0 Å². The first-order chi connectivity index (χ1) is 9.81. The van der Waals surface area contributed by atoms with Gasteiger partial charge in [0.1, 0.15) is 0 Å². The molecule has 6 heteroatoms. The maximum Gasteiger partial charge on any atom is 0.246 e. The van der Waals surface area contributed by atoms with E-state index in [2.05, 4.69) is 15.0 Å². The van der Waals surface area contributed by atoms with E-state index in [-0.39, 0.29) is 0 Å². The van der Waals surface area contributed by atoms with Gasteiger partial charge in [-0.1, -0.05) is 0 Å². The van der Waals surface area contributed by atoms with Crippen LogP contribution in [0, 0.1) is 5.21 Å². The summed E-state index contributed by atoms with van der Waals surface area (Å²) in [5.74, 6) is 0. The normalized spacial score (nSPS) is 13.0. The van der Waals surface area contributed by atoms with Crippen LogP contribution in [-0.2, 0) is 19.3 Å². The molecule has 4 rings (SSSR count). The molecule has 0 fully saturated rings. The summed E-state index contributed by atoms with van der Waals surface area (Å²) in [7, 11) is 0. The number of nitrogens with one attached hydrogen (secondary N) is 1. The monoisotopic (exact) mass is 284 g/mol. The Morgan fingerprint density at radius 2 is 2.35 bits per heavy atom. The molecule has 0 spiro atoms. The highest BCUT2D eigenvalue weighted by molar-refractivity contribution is 7.12. The molecule has 100 valence electrons. The van der Waals surface area contributed by atoms with E-state index in [1.54, 1.807) is 29.9 Å². The predicted octanol–water partition coefficient (Wildman–Crippen LogP) is 1.86. The molecule has 1 aliphatic rings. The zero-order chi connectivity index (χ0) is 13.5. The second-order valence-electron chi connectivity index (χ2n) is 4.84. The van der Waals surface area contributed by atoms with Crippen molar-refractivity contribution in [3.63, 3.8) is 0 Å². The first kappa shape index (κ1) is 11.6. The number of imidazole rings is 1. The van der Waals surface area contributed by atoms with Gasteiger partial charge in [-0.15, -0.1) is 11.3 Å². The number of pyridine rings is 1. The molecular weight excluding hydrogens is 272 g/mol. The Labute approximate surface area is 119 Å².